The van der Waals surface area contributed by atoms with Crippen molar-refractivity contribution in [2.45, 2.75) is 25.9 Å². The molecule has 0 saturated carbocycles. The number of nitriles is 1. The molecule has 4 aromatic rings. The molecule has 1 aliphatic rings. The van der Waals surface area contributed by atoms with Gasteiger partial charge in [0.05, 0.1) is 36.5 Å². The van der Waals surface area contributed by atoms with Crippen LogP contribution < -0.4 is 10.2 Å². The van der Waals surface area contributed by atoms with Gasteiger partial charge in [0.2, 0.25) is 0 Å². The van der Waals surface area contributed by atoms with Crippen LogP contribution in [0.5, 0.6) is 0 Å². The molecule has 3 amide bonds. The van der Waals surface area contributed by atoms with Gasteiger partial charge in [-0.15, -0.1) is 0 Å². The fourth-order valence-electron chi connectivity index (χ4n) is 4.89. The summed E-state index contributed by atoms with van der Waals surface area (Å²) in [5, 5.41) is 12.8. The zero-order valence-corrected chi connectivity index (χ0v) is 23.2. The Hall–Kier alpha value is -5.49. The van der Waals surface area contributed by atoms with Gasteiger partial charge < -0.3 is 15.0 Å². The van der Waals surface area contributed by atoms with E-state index in [1.165, 1.54) is 24.1 Å². The highest BCUT2D eigenvalue weighted by Gasteiger charge is 2.52. The van der Waals surface area contributed by atoms with Crippen molar-refractivity contribution in [1.29, 1.82) is 5.26 Å². The minimum Gasteiger partial charge on any atom is -0.465 e. The molecule has 0 unspecified atom stereocenters. The van der Waals surface area contributed by atoms with Crippen molar-refractivity contribution in [3.8, 4) is 17.2 Å². The van der Waals surface area contributed by atoms with Crippen LogP contribution in [0.3, 0.4) is 0 Å². The number of esters is 1. The van der Waals surface area contributed by atoms with E-state index in [0.29, 0.717) is 39.3 Å². The van der Waals surface area contributed by atoms with Crippen molar-refractivity contribution in [3.05, 3.63) is 114 Å². The first-order valence-electron chi connectivity index (χ1n) is 13.1. The van der Waals surface area contributed by atoms with E-state index in [9.17, 15) is 24.0 Å². The first-order chi connectivity index (χ1) is 20.1. The average molecular weight is 563 g/mol. The lowest BCUT2D eigenvalue weighted by Gasteiger charge is -2.28. The zero-order chi connectivity index (χ0) is 30.0. The van der Waals surface area contributed by atoms with Gasteiger partial charge in [0.15, 0.2) is 0 Å². The number of hydrogen-bond acceptors (Lipinski definition) is 6. The van der Waals surface area contributed by atoms with E-state index in [4.69, 9.17) is 4.74 Å². The molecule has 0 bridgehead atoms. The topological polar surface area (TPSA) is 103 Å². The third-order valence-corrected chi connectivity index (χ3v) is 7.28. The zero-order valence-electron chi connectivity index (χ0n) is 23.2. The van der Waals surface area contributed by atoms with Crippen molar-refractivity contribution in [3.63, 3.8) is 0 Å². The number of rotatable bonds is 7. The van der Waals surface area contributed by atoms with Crippen LogP contribution in [0.25, 0.3) is 11.1 Å². The number of imide groups is 1. The average Bonchev–Trinajstić information content (AvgIpc) is 3.17. The Morgan fingerprint density at radius 2 is 1.69 bits per heavy atom. The summed E-state index contributed by atoms with van der Waals surface area (Å²) in [6.45, 7) is 3.34. The molecule has 0 spiro atoms. The number of anilines is 3. The molecule has 9 heteroatoms. The van der Waals surface area contributed by atoms with Gasteiger partial charge in [-0.1, -0.05) is 36.4 Å². The van der Waals surface area contributed by atoms with E-state index in [1.807, 2.05) is 30.3 Å². The van der Waals surface area contributed by atoms with E-state index in [1.54, 1.807) is 62.4 Å². The third kappa shape index (κ3) is 5.18. The fourth-order valence-corrected chi connectivity index (χ4v) is 4.89. The van der Waals surface area contributed by atoms with Gasteiger partial charge in [-0.2, -0.15) is 5.26 Å². The lowest BCUT2D eigenvalue weighted by atomic mass is 9.99. The van der Waals surface area contributed by atoms with Gasteiger partial charge in [0.1, 0.15) is 11.4 Å². The number of amides is 3. The first-order valence-corrected chi connectivity index (χ1v) is 13.1. The smallest absolute Gasteiger partial charge is 0.337 e. The largest absolute Gasteiger partial charge is 0.465 e. The molecule has 1 fully saturated rings. The number of nitrogens with zero attached hydrogens (tertiary/aromatic N) is 3. The Kier molecular flexibility index (Phi) is 7.47. The molecule has 5 rings (SSSR count). The molecule has 1 N–H and O–H groups in total. The van der Waals surface area contributed by atoms with Gasteiger partial charge in [0, 0.05) is 16.9 Å². The number of hydrogen-bond donors (Lipinski definition) is 1. The molecule has 210 valence electrons. The van der Waals surface area contributed by atoms with Crippen molar-refractivity contribution in [2.24, 2.45) is 0 Å². The summed E-state index contributed by atoms with van der Waals surface area (Å²) >= 11 is 0. The number of ether oxygens (including phenoxy) is 1. The number of carbonyl (C=O) groups excluding carboxylic acids is 3. The molecule has 0 radical (unpaired) electrons. The summed E-state index contributed by atoms with van der Waals surface area (Å²) in [5.41, 5.74) is 2.88. The van der Waals surface area contributed by atoms with Crippen LogP contribution >= 0.6 is 0 Å². The van der Waals surface area contributed by atoms with Crippen LogP contribution in [0, 0.1) is 17.1 Å². The van der Waals surface area contributed by atoms with E-state index in [2.05, 4.69) is 11.4 Å². The number of nitrogens with one attached hydrogen (secondary N) is 1. The minimum absolute atomic E-state index is 0.0127. The number of urea groups is 1. The Balaban J connectivity index is 1.46. The quantitative estimate of drug-likeness (QED) is 0.200. The lowest BCUT2D eigenvalue weighted by molar-refractivity contribution is -0.123. The molecule has 4 aromatic carbocycles. The summed E-state index contributed by atoms with van der Waals surface area (Å²) in [6, 6.07) is 26.4. The summed E-state index contributed by atoms with van der Waals surface area (Å²) in [6.07, 6.45) is 0. The number of carbonyl (C=O) groups is 3. The van der Waals surface area contributed by atoms with Crippen LogP contribution in [0.2, 0.25) is 0 Å². The Morgan fingerprint density at radius 3 is 2.36 bits per heavy atom. The molecule has 0 atom stereocenters. The van der Waals surface area contributed by atoms with Crippen LogP contribution in [0.1, 0.15) is 35.3 Å². The summed E-state index contributed by atoms with van der Waals surface area (Å²) < 4.78 is 19.1. The molecule has 42 heavy (non-hydrogen) atoms. The first kappa shape index (κ1) is 28.1. The van der Waals surface area contributed by atoms with Gasteiger partial charge in [-0.25, -0.2) is 18.9 Å². The maximum absolute atomic E-state index is 14.3. The number of benzene rings is 4. The SMILES string of the molecule is COC(=O)c1ccc(Nc2cc(F)ccc2CN2C(=O)N(c3ccc(C#N)c(-c4ccccc4)c3)C(=O)C2(C)C)cc1. The van der Waals surface area contributed by atoms with E-state index in [0.717, 1.165) is 10.5 Å². The van der Waals surface area contributed by atoms with E-state index in [-0.39, 0.29) is 6.54 Å². The molecule has 1 heterocycles. The maximum atomic E-state index is 14.3. The van der Waals surface area contributed by atoms with Gasteiger partial charge in [-0.05, 0) is 79.6 Å². The van der Waals surface area contributed by atoms with Gasteiger partial charge >= 0.3 is 12.0 Å². The standard InChI is InChI=1S/C33H27FN4O4/c1-33(2)31(40)38(27-16-12-23(19-35)28(18-27)21-7-5-4-6-8-21)32(41)37(33)20-24-9-13-25(34)17-29(24)36-26-14-10-22(11-15-26)30(39)42-3/h4-18,36H,20H2,1-3H3. The van der Waals surface area contributed by atoms with E-state index >= 15 is 0 Å². The lowest BCUT2D eigenvalue weighted by Crippen LogP contribution is -2.43. The Labute approximate surface area is 242 Å². The second-order valence-electron chi connectivity index (χ2n) is 10.3. The fraction of sp³-hybridized carbons (Fsp3) is 0.152. The molecule has 0 aliphatic carbocycles. The van der Waals surface area contributed by atoms with Crippen LogP contribution in [0.4, 0.5) is 26.2 Å². The summed E-state index contributed by atoms with van der Waals surface area (Å²) in [4.78, 5) is 41.8. The second kappa shape index (κ2) is 11.2. The summed E-state index contributed by atoms with van der Waals surface area (Å²) in [5.74, 6) is -1.38. The minimum atomic E-state index is -1.22. The third-order valence-electron chi connectivity index (χ3n) is 7.28. The predicted molar refractivity (Wildman–Crippen MR) is 157 cm³/mol. The number of halogens is 1. The predicted octanol–water partition coefficient (Wildman–Crippen LogP) is 6.64. The van der Waals surface area contributed by atoms with Crippen LogP contribution in [0.15, 0.2) is 91.0 Å². The molecular weight excluding hydrogens is 535 g/mol. The van der Waals surface area contributed by atoms with Gasteiger partial charge in [-0.3, -0.25) is 4.79 Å². The molecule has 1 saturated heterocycles. The van der Waals surface area contributed by atoms with Crippen molar-refractivity contribution in [2.75, 3.05) is 17.3 Å². The molecular formula is C33H27FN4O4. The highest BCUT2D eigenvalue weighted by Crippen LogP contribution is 2.37. The molecule has 8 nitrogen and oxygen atoms in total. The van der Waals surface area contributed by atoms with Crippen molar-refractivity contribution in [1.82, 2.24) is 4.90 Å². The molecule has 0 aromatic heterocycles. The van der Waals surface area contributed by atoms with Crippen LogP contribution in [-0.4, -0.2) is 35.5 Å². The van der Waals surface area contributed by atoms with Crippen molar-refractivity contribution >= 4 is 35.0 Å². The van der Waals surface area contributed by atoms with Crippen LogP contribution in [-0.2, 0) is 16.1 Å². The summed E-state index contributed by atoms with van der Waals surface area (Å²) in [7, 11) is 1.30. The second-order valence-corrected chi connectivity index (χ2v) is 10.3. The molecule has 1 aliphatic heterocycles. The monoisotopic (exact) mass is 562 g/mol. The highest BCUT2D eigenvalue weighted by molar-refractivity contribution is 6.23. The normalized spacial score (nSPS) is 14.1. The van der Waals surface area contributed by atoms with E-state index < -0.39 is 29.3 Å². The maximum Gasteiger partial charge on any atom is 0.337 e. The number of methoxy groups -OCH3 is 1. The Bertz CT molecular complexity index is 1730. The van der Waals surface area contributed by atoms with Crippen molar-refractivity contribution < 1.29 is 23.5 Å². The van der Waals surface area contributed by atoms with Gasteiger partial charge in [0.25, 0.3) is 5.91 Å². The Morgan fingerprint density at radius 1 is 0.976 bits per heavy atom. The highest BCUT2D eigenvalue weighted by atomic mass is 19.1.